The summed E-state index contributed by atoms with van der Waals surface area (Å²) in [6, 6.07) is 0. The molecule has 2 heterocycles. The maximum Gasteiger partial charge on any atom is 0.246 e. The van der Waals surface area contributed by atoms with Crippen molar-refractivity contribution in [3.8, 4) is 0 Å². The minimum atomic E-state index is 0.0162. The second-order valence-electron chi connectivity index (χ2n) is 2.46. The number of hydrogen-bond donors (Lipinski definition) is 2. The van der Waals surface area contributed by atoms with Crippen LogP contribution < -0.4 is 10.6 Å². The molecule has 54 valence electrons. The Morgan fingerprint density at radius 2 is 2.20 bits per heavy atom. The SMILES string of the molecule is CC1=CC(=O)NC2SC2N1. The van der Waals surface area contributed by atoms with Gasteiger partial charge in [-0.15, -0.1) is 11.8 Å². The summed E-state index contributed by atoms with van der Waals surface area (Å²) in [5, 5.41) is 6.74. The van der Waals surface area contributed by atoms with Crippen LogP contribution in [-0.2, 0) is 4.79 Å². The van der Waals surface area contributed by atoms with Crippen molar-refractivity contribution in [3.63, 3.8) is 0 Å². The molecule has 0 aromatic carbocycles. The molecule has 1 amide bonds. The zero-order valence-electron chi connectivity index (χ0n) is 5.55. The van der Waals surface area contributed by atoms with Crippen molar-refractivity contribution in [2.45, 2.75) is 17.7 Å². The van der Waals surface area contributed by atoms with E-state index in [1.165, 1.54) is 0 Å². The van der Waals surface area contributed by atoms with Crippen LogP contribution >= 0.6 is 11.8 Å². The predicted octanol–water partition coefficient (Wildman–Crippen LogP) is 0.00860. The van der Waals surface area contributed by atoms with Crippen LogP contribution in [0, 0.1) is 0 Å². The van der Waals surface area contributed by atoms with Crippen molar-refractivity contribution >= 4 is 17.7 Å². The molecule has 2 aliphatic heterocycles. The molecular formula is C6H8N2OS. The van der Waals surface area contributed by atoms with Crippen molar-refractivity contribution in [2.75, 3.05) is 0 Å². The van der Waals surface area contributed by atoms with Crippen LogP contribution in [0.2, 0.25) is 0 Å². The molecule has 0 saturated carbocycles. The first-order valence-corrected chi connectivity index (χ1v) is 4.11. The molecule has 2 rings (SSSR count). The molecule has 0 aromatic heterocycles. The Hall–Kier alpha value is -0.640. The maximum atomic E-state index is 10.9. The van der Waals surface area contributed by atoms with Gasteiger partial charge in [-0.05, 0) is 6.92 Å². The topological polar surface area (TPSA) is 41.1 Å². The second kappa shape index (κ2) is 1.92. The first-order valence-electron chi connectivity index (χ1n) is 3.16. The monoisotopic (exact) mass is 156 g/mol. The second-order valence-corrected chi connectivity index (χ2v) is 3.75. The summed E-state index contributed by atoms with van der Waals surface area (Å²) < 4.78 is 0. The fraction of sp³-hybridized carbons (Fsp3) is 0.500. The molecule has 0 spiro atoms. The summed E-state index contributed by atoms with van der Waals surface area (Å²) >= 11 is 1.74. The lowest BCUT2D eigenvalue weighted by Gasteiger charge is -1.97. The highest BCUT2D eigenvalue weighted by Gasteiger charge is 2.40. The molecule has 4 heteroatoms. The summed E-state index contributed by atoms with van der Waals surface area (Å²) in [6.07, 6.45) is 1.59. The number of carbonyl (C=O) groups excluding carboxylic acids is 1. The number of thioether (sulfide) groups is 1. The molecule has 1 fully saturated rings. The Morgan fingerprint density at radius 1 is 1.50 bits per heavy atom. The summed E-state index contributed by atoms with van der Waals surface area (Å²) in [4.78, 5) is 10.9. The molecule has 0 aliphatic carbocycles. The van der Waals surface area contributed by atoms with Crippen molar-refractivity contribution in [1.29, 1.82) is 0 Å². The van der Waals surface area contributed by atoms with E-state index in [9.17, 15) is 4.79 Å². The van der Waals surface area contributed by atoms with Crippen LogP contribution in [0.5, 0.6) is 0 Å². The van der Waals surface area contributed by atoms with Gasteiger partial charge in [0.15, 0.2) is 0 Å². The number of carbonyl (C=O) groups is 1. The number of hydrogen-bond acceptors (Lipinski definition) is 3. The van der Waals surface area contributed by atoms with Gasteiger partial charge in [0.2, 0.25) is 5.91 Å². The van der Waals surface area contributed by atoms with Gasteiger partial charge in [-0.1, -0.05) is 0 Å². The van der Waals surface area contributed by atoms with Gasteiger partial charge in [0.1, 0.15) is 10.7 Å². The molecule has 0 radical (unpaired) electrons. The lowest BCUT2D eigenvalue weighted by Crippen LogP contribution is -2.25. The van der Waals surface area contributed by atoms with Crippen LogP contribution in [-0.4, -0.2) is 16.7 Å². The third kappa shape index (κ3) is 0.988. The maximum absolute atomic E-state index is 10.9. The standard InChI is InChI=1S/C6H8N2OS/c1-3-2-4(9)8-6-5(7-3)10-6/h2,5-7H,1H3,(H,8,9). The number of nitrogens with one attached hydrogen (secondary N) is 2. The zero-order chi connectivity index (χ0) is 7.14. The number of rotatable bonds is 0. The van der Waals surface area contributed by atoms with Gasteiger partial charge in [-0.25, -0.2) is 0 Å². The van der Waals surface area contributed by atoms with Gasteiger partial charge in [-0.2, -0.15) is 0 Å². The van der Waals surface area contributed by atoms with Crippen LogP contribution in [0.15, 0.2) is 11.8 Å². The van der Waals surface area contributed by atoms with Gasteiger partial charge in [0.05, 0.1) is 0 Å². The lowest BCUT2D eigenvalue weighted by molar-refractivity contribution is -0.116. The Bertz CT molecular complexity index is 214. The highest BCUT2D eigenvalue weighted by Crippen LogP contribution is 2.38. The number of allylic oxidation sites excluding steroid dienone is 1. The van der Waals surface area contributed by atoms with Gasteiger partial charge >= 0.3 is 0 Å². The molecule has 0 bridgehead atoms. The molecule has 0 aromatic rings. The lowest BCUT2D eigenvalue weighted by atomic mass is 10.4. The average molecular weight is 156 g/mol. The Labute approximate surface area is 63.2 Å². The van der Waals surface area contributed by atoms with E-state index < -0.39 is 0 Å². The van der Waals surface area contributed by atoms with E-state index in [-0.39, 0.29) is 5.91 Å². The fourth-order valence-electron chi connectivity index (χ4n) is 0.977. The normalized spacial score (nSPS) is 36.5. The largest absolute Gasteiger partial charge is 0.374 e. The summed E-state index contributed by atoms with van der Waals surface area (Å²) in [6.45, 7) is 1.90. The van der Waals surface area contributed by atoms with Crippen molar-refractivity contribution in [2.24, 2.45) is 0 Å². The number of fused-ring (bicyclic) bond motifs is 1. The van der Waals surface area contributed by atoms with E-state index >= 15 is 0 Å². The van der Waals surface area contributed by atoms with Crippen LogP contribution in [0.4, 0.5) is 0 Å². The molecule has 2 unspecified atom stereocenters. The van der Waals surface area contributed by atoms with Gasteiger partial charge in [-0.3, -0.25) is 4.79 Å². The van der Waals surface area contributed by atoms with E-state index in [1.54, 1.807) is 17.8 Å². The highest BCUT2D eigenvalue weighted by molar-refractivity contribution is 8.07. The summed E-state index contributed by atoms with van der Waals surface area (Å²) in [7, 11) is 0. The van der Waals surface area contributed by atoms with E-state index in [0.717, 1.165) is 5.70 Å². The van der Waals surface area contributed by atoms with Crippen LogP contribution in [0.3, 0.4) is 0 Å². The van der Waals surface area contributed by atoms with E-state index in [0.29, 0.717) is 10.7 Å². The molecule has 3 nitrogen and oxygen atoms in total. The van der Waals surface area contributed by atoms with Crippen molar-refractivity contribution in [1.82, 2.24) is 10.6 Å². The molecular weight excluding hydrogens is 148 g/mol. The van der Waals surface area contributed by atoms with E-state index in [4.69, 9.17) is 0 Å². The number of amides is 1. The summed E-state index contributed by atoms with van der Waals surface area (Å²) in [5.74, 6) is 0.0162. The van der Waals surface area contributed by atoms with E-state index in [1.807, 2.05) is 6.92 Å². The average Bonchev–Trinajstić information content (AvgIpc) is 2.43. The third-order valence-electron chi connectivity index (χ3n) is 1.49. The van der Waals surface area contributed by atoms with Gasteiger partial charge in [0.25, 0.3) is 0 Å². The Morgan fingerprint density at radius 3 is 3.00 bits per heavy atom. The smallest absolute Gasteiger partial charge is 0.246 e. The van der Waals surface area contributed by atoms with Crippen LogP contribution in [0.25, 0.3) is 0 Å². The Kier molecular flexibility index (Phi) is 1.17. The fourth-order valence-corrected chi connectivity index (χ4v) is 1.78. The predicted molar refractivity (Wildman–Crippen MR) is 40.2 cm³/mol. The quantitative estimate of drug-likeness (QED) is 0.485. The van der Waals surface area contributed by atoms with Gasteiger partial charge in [0, 0.05) is 11.8 Å². The molecule has 2 N–H and O–H groups in total. The first kappa shape index (κ1) is 6.09. The zero-order valence-corrected chi connectivity index (χ0v) is 6.37. The molecule has 2 atom stereocenters. The van der Waals surface area contributed by atoms with Crippen LogP contribution in [0.1, 0.15) is 6.92 Å². The minimum Gasteiger partial charge on any atom is -0.374 e. The molecule has 2 aliphatic rings. The van der Waals surface area contributed by atoms with E-state index in [2.05, 4.69) is 10.6 Å². The third-order valence-corrected chi connectivity index (χ3v) is 2.55. The summed E-state index contributed by atoms with van der Waals surface area (Å²) in [5.41, 5.74) is 0.954. The van der Waals surface area contributed by atoms with Gasteiger partial charge < -0.3 is 10.6 Å². The minimum absolute atomic E-state index is 0.0162. The van der Waals surface area contributed by atoms with Crippen molar-refractivity contribution in [3.05, 3.63) is 11.8 Å². The molecule has 10 heavy (non-hydrogen) atoms. The molecule has 1 saturated heterocycles. The Balaban J connectivity index is 2.16. The highest BCUT2D eigenvalue weighted by atomic mass is 32.2. The van der Waals surface area contributed by atoms with Crippen molar-refractivity contribution < 1.29 is 4.79 Å². The first-order chi connectivity index (χ1) is 4.75.